The number of likely N-dealkylation sites (N-methyl/N-ethyl adjacent to an activating group) is 2. The molecule has 2 amide bonds. The third-order valence-electron chi connectivity index (χ3n) is 6.01. The van der Waals surface area contributed by atoms with Crippen LogP contribution < -0.4 is 4.90 Å². The second-order valence-electron chi connectivity index (χ2n) is 8.21. The SMILES string of the molecule is [C-]#[N+]c1ccc(N(c2ccc(C=C3C(=O)N(C)C(=S)N(C)C3=O)[se]2)c2cccc3ccccc23)cc1. The van der Waals surface area contributed by atoms with Crippen LogP contribution in [0.1, 0.15) is 4.44 Å². The van der Waals surface area contributed by atoms with Crippen LogP contribution in [0.2, 0.25) is 0 Å². The van der Waals surface area contributed by atoms with Crippen LogP contribution in [0.5, 0.6) is 0 Å². The van der Waals surface area contributed by atoms with Gasteiger partial charge in [0.25, 0.3) is 0 Å². The van der Waals surface area contributed by atoms with Gasteiger partial charge in [-0.15, -0.1) is 0 Å². The molecule has 0 atom stereocenters. The molecule has 0 bridgehead atoms. The summed E-state index contributed by atoms with van der Waals surface area (Å²) in [4.78, 5) is 33.9. The predicted octanol–water partition coefficient (Wildman–Crippen LogP) is 5.52. The van der Waals surface area contributed by atoms with Crippen LogP contribution >= 0.6 is 12.2 Å². The summed E-state index contributed by atoms with van der Waals surface area (Å²) in [7, 11) is 3.16. The van der Waals surface area contributed by atoms with Gasteiger partial charge >= 0.3 is 221 Å². The van der Waals surface area contributed by atoms with Crippen molar-refractivity contribution in [1.29, 1.82) is 0 Å². The Morgan fingerprint density at radius 3 is 2.25 bits per heavy atom. The van der Waals surface area contributed by atoms with Crippen molar-refractivity contribution in [1.82, 2.24) is 9.80 Å². The molecule has 5 rings (SSSR count). The van der Waals surface area contributed by atoms with Crippen molar-refractivity contribution >= 4 is 82.1 Å². The summed E-state index contributed by atoms with van der Waals surface area (Å²) in [5.41, 5.74) is 2.64. The summed E-state index contributed by atoms with van der Waals surface area (Å²) in [6.07, 6.45) is 1.69. The first kappa shape index (κ1) is 23.7. The van der Waals surface area contributed by atoms with Crippen molar-refractivity contribution in [3.63, 3.8) is 0 Å². The number of carbonyl (C=O) groups excluding carboxylic acids is 2. The van der Waals surface area contributed by atoms with Crippen LogP contribution in [0.25, 0.3) is 21.7 Å². The molecular weight excluding hydrogens is 535 g/mol. The van der Waals surface area contributed by atoms with Crippen molar-refractivity contribution in [2.75, 3.05) is 19.0 Å². The van der Waals surface area contributed by atoms with Gasteiger partial charge in [-0.1, -0.05) is 0 Å². The number of nitrogens with zero attached hydrogens (tertiary/aromatic N) is 4. The third-order valence-corrected chi connectivity index (χ3v) is 8.69. The van der Waals surface area contributed by atoms with Gasteiger partial charge in [0.1, 0.15) is 0 Å². The summed E-state index contributed by atoms with van der Waals surface area (Å²) < 4.78 is 1.96. The summed E-state index contributed by atoms with van der Waals surface area (Å²) in [5.74, 6) is -0.789. The molecule has 1 aliphatic heterocycles. The molecule has 0 spiro atoms. The van der Waals surface area contributed by atoms with Crippen LogP contribution in [0.4, 0.5) is 21.6 Å². The van der Waals surface area contributed by atoms with Crippen molar-refractivity contribution < 1.29 is 9.59 Å². The number of fused-ring (bicyclic) bond motifs is 1. The molecule has 8 heteroatoms. The fraction of sp³-hybridized carbons (Fsp3) is 0.0714. The quantitative estimate of drug-likeness (QED) is 0.110. The van der Waals surface area contributed by atoms with E-state index in [4.69, 9.17) is 18.8 Å². The molecule has 6 nitrogen and oxygen atoms in total. The molecule has 1 aromatic heterocycles. The maximum absolute atomic E-state index is 12.8. The second-order valence-corrected chi connectivity index (χ2v) is 10.9. The van der Waals surface area contributed by atoms with Gasteiger partial charge in [0, 0.05) is 0 Å². The Labute approximate surface area is 220 Å². The van der Waals surface area contributed by atoms with E-state index in [2.05, 4.69) is 34.0 Å². The number of hydrogen-bond donors (Lipinski definition) is 0. The van der Waals surface area contributed by atoms with Crippen LogP contribution in [0, 0.1) is 6.57 Å². The Balaban J connectivity index is 1.62. The zero-order valence-corrected chi connectivity index (χ0v) is 22.0. The number of anilines is 3. The van der Waals surface area contributed by atoms with Gasteiger partial charge in [0.05, 0.1) is 0 Å². The van der Waals surface area contributed by atoms with E-state index in [1.807, 2.05) is 54.6 Å². The van der Waals surface area contributed by atoms with Gasteiger partial charge in [-0.05, 0) is 0 Å². The summed E-state index contributed by atoms with van der Waals surface area (Å²) in [6, 6.07) is 25.9. The summed E-state index contributed by atoms with van der Waals surface area (Å²) >= 11 is 5.01. The van der Waals surface area contributed by atoms with Crippen LogP contribution in [-0.2, 0) is 9.59 Å². The van der Waals surface area contributed by atoms with E-state index in [9.17, 15) is 9.59 Å². The molecule has 1 aliphatic rings. The number of benzene rings is 3. The molecule has 4 aromatic rings. The molecule has 0 radical (unpaired) electrons. The first-order valence-electron chi connectivity index (χ1n) is 11.1. The minimum atomic E-state index is -0.395. The van der Waals surface area contributed by atoms with Crippen molar-refractivity contribution in [3.05, 3.63) is 100 Å². The number of hydrogen-bond acceptors (Lipinski definition) is 4. The van der Waals surface area contributed by atoms with Crippen LogP contribution in [0.3, 0.4) is 0 Å². The molecule has 0 aliphatic carbocycles. The zero-order valence-electron chi connectivity index (χ0n) is 19.5. The number of amides is 2. The molecule has 0 N–H and O–H groups in total. The van der Waals surface area contributed by atoms with Gasteiger partial charge < -0.3 is 0 Å². The van der Waals surface area contributed by atoms with E-state index in [1.165, 1.54) is 9.80 Å². The van der Waals surface area contributed by atoms with Gasteiger partial charge in [0.2, 0.25) is 0 Å². The van der Waals surface area contributed by atoms with Crippen molar-refractivity contribution in [2.24, 2.45) is 0 Å². The van der Waals surface area contributed by atoms with E-state index < -0.39 is 11.8 Å². The molecular formula is C28H20N4O2SSe. The fourth-order valence-corrected chi connectivity index (χ4v) is 6.36. The topological polar surface area (TPSA) is 48.2 Å². The molecule has 2 heterocycles. The molecule has 36 heavy (non-hydrogen) atoms. The van der Waals surface area contributed by atoms with E-state index in [-0.39, 0.29) is 25.2 Å². The van der Waals surface area contributed by atoms with Crippen LogP contribution in [-0.4, -0.2) is 55.3 Å². The normalized spacial score (nSPS) is 13.8. The molecule has 1 saturated heterocycles. The minimum absolute atomic E-state index is 0.106. The van der Waals surface area contributed by atoms with Gasteiger partial charge in [0.15, 0.2) is 0 Å². The van der Waals surface area contributed by atoms with E-state index in [0.29, 0.717) is 5.69 Å². The standard InChI is InChI=1S/C28H20N4O2SSe/c1-29-19-11-13-20(14-12-19)32(24-10-6-8-18-7-4-5-9-22(18)24)25-16-15-21(36-25)17-23-26(33)30(2)28(35)31(3)27(23)34/h4-17H,2-3H3. The number of rotatable bonds is 4. The average molecular weight is 556 g/mol. The molecule has 176 valence electrons. The van der Waals surface area contributed by atoms with Crippen molar-refractivity contribution in [3.8, 4) is 0 Å². The molecule has 3 aromatic carbocycles. The average Bonchev–Trinajstić information content (AvgIpc) is 3.37. The van der Waals surface area contributed by atoms with Crippen molar-refractivity contribution in [2.45, 2.75) is 0 Å². The molecule has 1 fully saturated rings. The summed E-state index contributed by atoms with van der Waals surface area (Å²) in [6.45, 7) is 7.30. The Hall–Kier alpha value is -4.02. The Bertz CT molecular complexity index is 1570. The van der Waals surface area contributed by atoms with Gasteiger partial charge in [-0.3, -0.25) is 0 Å². The Kier molecular flexibility index (Phi) is 6.29. The fourth-order valence-electron chi connectivity index (χ4n) is 4.12. The monoisotopic (exact) mass is 556 g/mol. The van der Waals surface area contributed by atoms with Crippen LogP contribution in [0.15, 0.2) is 84.4 Å². The van der Waals surface area contributed by atoms with E-state index in [1.54, 1.807) is 20.2 Å². The second kappa shape index (κ2) is 9.56. The zero-order chi connectivity index (χ0) is 25.4. The predicted molar refractivity (Wildman–Crippen MR) is 148 cm³/mol. The summed E-state index contributed by atoms with van der Waals surface area (Å²) in [5, 5.41) is 2.42. The van der Waals surface area contributed by atoms with E-state index in [0.717, 1.165) is 31.1 Å². The number of thiocarbonyl (C=S) groups is 1. The first-order valence-corrected chi connectivity index (χ1v) is 13.2. The molecule has 0 saturated carbocycles. The first-order chi connectivity index (χ1) is 17.4. The Morgan fingerprint density at radius 1 is 0.889 bits per heavy atom. The van der Waals surface area contributed by atoms with E-state index >= 15 is 0 Å². The van der Waals surface area contributed by atoms with Gasteiger partial charge in [-0.25, -0.2) is 0 Å². The third kappa shape index (κ3) is 4.14. The van der Waals surface area contributed by atoms with Gasteiger partial charge in [-0.2, -0.15) is 0 Å². The number of carbonyl (C=O) groups is 2. The Morgan fingerprint density at radius 2 is 1.56 bits per heavy atom. The molecule has 0 unspecified atom stereocenters. The maximum atomic E-state index is 12.8.